The number of carbonyl (C=O) groups excluding carboxylic acids is 2. The third kappa shape index (κ3) is 5.28. The van der Waals surface area contributed by atoms with Crippen LogP contribution < -0.4 is 0 Å². The Balaban J connectivity index is 1.79. The van der Waals surface area contributed by atoms with E-state index in [4.69, 9.17) is 4.74 Å². The molecule has 3 heteroatoms. The molecule has 0 aliphatic heterocycles. The standard InChI is InChI=1S/C19H26O3/c1-19(2,3)22-18(21)13-16-11-15(12-17(16)20)10-9-14-7-5-4-6-8-14/h4-8,15-16H,9-13H2,1-3H3/t15-,16-/m0/s1. The Morgan fingerprint density at radius 2 is 1.91 bits per heavy atom. The molecule has 2 rings (SSSR count). The third-order valence-electron chi connectivity index (χ3n) is 4.08. The molecule has 1 fully saturated rings. The summed E-state index contributed by atoms with van der Waals surface area (Å²) < 4.78 is 5.32. The summed E-state index contributed by atoms with van der Waals surface area (Å²) in [4.78, 5) is 24.0. The first-order valence-electron chi connectivity index (χ1n) is 8.12. The van der Waals surface area contributed by atoms with E-state index >= 15 is 0 Å². The minimum Gasteiger partial charge on any atom is -0.460 e. The smallest absolute Gasteiger partial charge is 0.307 e. The maximum absolute atomic E-state index is 12.1. The van der Waals surface area contributed by atoms with Crippen molar-refractivity contribution in [3.05, 3.63) is 35.9 Å². The zero-order valence-electron chi connectivity index (χ0n) is 13.8. The van der Waals surface area contributed by atoms with Crippen molar-refractivity contribution in [3.8, 4) is 0 Å². The van der Waals surface area contributed by atoms with Crippen LogP contribution in [0.5, 0.6) is 0 Å². The Hall–Kier alpha value is -1.64. The average molecular weight is 302 g/mol. The fourth-order valence-electron chi connectivity index (χ4n) is 3.09. The molecule has 0 unspecified atom stereocenters. The molecule has 0 bridgehead atoms. The van der Waals surface area contributed by atoms with Crippen molar-refractivity contribution in [2.45, 2.75) is 58.5 Å². The van der Waals surface area contributed by atoms with Crippen LogP contribution in [0.3, 0.4) is 0 Å². The van der Waals surface area contributed by atoms with Gasteiger partial charge in [0.2, 0.25) is 0 Å². The number of esters is 1. The van der Waals surface area contributed by atoms with Crippen molar-refractivity contribution in [1.29, 1.82) is 0 Å². The Labute approximate surface area is 133 Å². The molecule has 3 nitrogen and oxygen atoms in total. The first-order chi connectivity index (χ1) is 10.3. The molecule has 0 N–H and O–H groups in total. The van der Waals surface area contributed by atoms with Crippen molar-refractivity contribution in [1.82, 2.24) is 0 Å². The molecule has 0 heterocycles. The lowest BCUT2D eigenvalue weighted by Gasteiger charge is -2.20. The van der Waals surface area contributed by atoms with Gasteiger partial charge in [0, 0.05) is 12.3 Å². The number of aryl methyl sites for hydroxylation is 1. The Bertz CT molecular complexity index is 513. The molecule has 2 atom stereocenters. The molecular weight excluding hydrogens is 276 g/mol. The average Bonchev–Trinajstić information content (AvgIpc) is 2.76. The van der Waals surface area contributed by atoms with Crippen LogP contribution in [0.15, 0.2) is 30.3 Å². The second-order valence-electron chi connectivity index (χ2n) is 7.28. The van der Waals surface area contributed by atoms with Gasteiger partial charge in [-0.05, 0) is 51.5 Å². The fourth-order valence-corrected chi connectivity index (χ4v) is 3.09. The molecule has 0 radical (unpaired) electrons. The van der Waals surface area contributed by atoms with E-state index in [1.54, 1.807) is 0 Å². The molecule has 1 aromatic rings. The molecule has 1 aromatic carbocycles. The van der Waals surface area contributed by atoms with Gasteiger partial charge in [-0.3, -0.25) is 9.59 Å². The van der Waals surface area contributed by atoms with Crippen LogP contribution in [0.1, 0.15) is 52.0 Å². The van der Waals surface area contributed by atoms with Gasteiger partial charge in [-0.1, -0.05) is 30.3 Å². The summed E-state index contributed by atoms with van der Waals surface area (Å²) in [6.07, 6.45) is 3.68. The lowest BCUT2D eigenvalue weighted by atomic mass is 9.96. The topological polar surface area (TPSA) is 43.4 Å². The second-order valence-corrected chi connectivity index (χ2v) is 7.28. The first-order valence-corrected chi connectivity index (χ1v) is 8.12. The highest BCUT2D eigenvalue weighted by atomic mass is 16.6. The van der Waals surface area contributed by atoms with Gasteiger partial charge >= 0.3 is 5.97 Å². The van der Waals surface area contributed by atoms with Crippen LogP contribution in [-0.2, 0) is 20.7 Å². The molecular formula is C19H26O3. The lowest BCUT2D eigenvalue weighted by Crippen LogP contribution is -2.26. The first kappa shape index (κ1) is 16.7. The Morgan fingerprint density at radius 1 is 1.23 bits per heavy atom. The van der Waals surface area contributed by atoms with Gasteiger partial charge in [0.05, 0.1) is 6.42 Å². The molecule has 120 valence electrons. The second kappa shape index (κ2) is 7.08. The van der Waals surface area contributed by atoms with Crippen molar-refractivity contribution in [2.75, 3.05) is 0 Å². The summed E-state index contributed by atoms with van der Waals surface area (Å²) in [7, 11) is 0. The van der Waals surface area contributed by atoms with Crippen molar-refractivity contribution in [3.63, 3.8) is 0 Å². The van der Waals surface area contributed by atoms with Gasteiger partial charge in [0.25, 0.3) is 0 Å². The van der Waals surface area contributed by atoms with E-state index in [1.165, 1.54) is 5.56 Å². The van der Waals surface area contributed by atoms with Crippen molar-refractivity contribution < 1.29 is 14.3 Å². The molecule has 22 heavy (non-hydrogen) atoms. The van der Waals surface area contributed by atoms with Crippen LogP contribution in [0.25, 0.3) is 0 Å². The Morgan fingerprint density at radius 3 is 2.55 bits per heavy atom. The molecule has 0 amide bonds. The van der Waals surface area contributed by atoms with Crippen LogP contribution in [0, 0.1) is 11.8 Å². The van der Waals surface area contributed by atoms with Crippen LogP contribution in [0.2, 0.25) is 0 Å². The van der Waals surface area contributed by atoms with E-state index in [0.717, 1.165) is 19.3 Å². The number of benzene rings is 1. The van der Waals surface area contributed by atoms with Gasteiger partial charge < -0.3 is 4.74 Å². The summed E-state index contributed by atoms with van der Waals surface area (Å²) in [5.41, 5.74) is 0.830. The summed E-state index contributed by atoms with van der Waals surface area (Å²) >= 11 is 0. The number of carbonyl (C=O) groups is 2. The Kier molecular flexibility index (Phi) is 5.38. The highest BCUT2D eigenvalue weighted by Gasteiger charge is 2.34. The largest absolute Gasteiger partial charge is 0.460 e. The minimum absolute atomic E-state index is 0.143. The molecule has 1 aliphatic rings. The zero-order valence-corrected chi connectivity index (χ0v) is 13.8. The summed E-state index contributed by atoms with van der Waals surface area (Å²) in [6, 6.07) is 10.3. The van der Waals surface area contributed by atoms with E-state index in [2.05, 4.69) is 12.1 Å². The van der Waals surface area contributed by atoms with E-state index in [-0.39, 0.29) is 24.1 Å². The van der Waals surface area contributed by atoms with E-state index < -0.39 is 5.60 Å². The summed E-state index contributed by atoms with van der Waals surface area (Å²) in [6.45, 7) is 5.55. The lowest BCUT2D eigenvalue weighted by molar-refractivity contribution is -0.156. The van der Waals surface area contributed by atoms with Gasteiger partial charge in [0.1, 0.15) is 11.4 Å². The van der Waals surface area contributed by atoms with Crippen LogP contribution in [0.4, 0.5) is 0 Å². The van der Waals surface area contributed by atoms with Gasteiger partial charge in [-0.15, -0.1) is 0 Å². The van der Waals surface area contributed by atoms with E-state index in [9.17, 15) is 9.59 Å². The molecule has 0 spiro atoms. The summed E-state index contributed by atoms with van der Waals surface area (Å²) in [5, 5.41) is 0. The number of ether oxygens (including phenoxy) is 1. The van der Waals surface area contributed by atoms with Crippen LogP contribution >= 0.6 is 0 Å². The highest BCUT2D eigenvalue weighted by molar-refractivity contribution is 5.87. The van der Waals surface area contributed by atoms with Crippen LogP contribution in [-0.4, -0.2) is 17.4 Å². The molecule has 1 saturated carbocycles. The molecule has 0 saturated heterocycles. The van der Waals surface area contributed by atoms with Gasteiger partial charge in [0.15, 0.2) is 0 Å². The number of rotatable bonds is 5. The zero-order chi connectivity index (χ0) is 16.2. The van der Waals surface area contributed by atoms with Crippen molar-refractivity contribution in [2.24, 2.45) is 11.8 Å². The predicted molar refractivity (Wildman–Crippen MR) is 86.4 cm³/mol. The predicted octanol–water partition coefficient (Wildman–Crippen LogP) is 3.95. The number of Topliss-reactive ketones (excluding diaryl/α,β-unsaturated/α-hetero) is 1. The number of hydrogen-bond acceptors (Lipinski definition) is 3. The maximum Gasteiger partial charge on any atom is 0.307 e. The summed E-state index contributed by atoms with van der Waals surface area (Å²) in [5.74, 6) is 0.231. The minimum atomic E-state index is -0.481. The highest BCUT2D eigenvalue weighted by Crippen LogP contribution is 2.33. The maximum atomic E-state index is 12.1. The monoisotopic (exact) mass is 302 g/mol. The normalized spacial score (nSPS) is 21.9. The van der Waals surface area contributed by atoms with E-state index in [1.807, 2.05) is 39.0 Å². The van der Waals surface area contributed by atoms with Gasteiger partial charge in [-0.2, -0.15) is 0 Å². The third-order valence-corrected chi connectivity index (χ3v) is 4.08. The SMILES string of the molecule is CC(C)(C)OC(=O)C[C@@H]1C[C@H](CCc2ccccc2)CC1=O. The molecule has 1 aliphatic carbocycles. The van der Waals surface area contributed by atoms with Gasteiger partial charge in [-0.25, -0.2) is 0 Å². The molecule has 0 aromatic heterocycles. The number of hydrogen-bond donors (Lipinski definition) is 0. The number of ketones is 1. The van der Waals surface area contributed by atoms with E-state index in [0.29, 0.717) is 12.3 Å². The van der Waals surface area contributed by atoms with Crippen molar-refractivity contribution >= 4 is 11.8 Å². The fraction of sp³-hybridized carbons (Fsp3) is 0.579. The quantitative estimate of drug-likeness (QED) is 0.774.